The zero-order chi connectivity index (χ0) is 20.9. The number of hydrogen-bond acceptors (Lipinski definition) is 4. The zero-order valence-corrected chi connectivity index (χ0v) is 18.5. The van der Waals surface area contributed by atoms with Gasteiger partial charge in [0.25, 0.3) is 5.56 Å². The van der Waals surface area contributed by atoms with Crippen LogP contribution in [0.15, 0.2) is 23.0 Å². The topological polar surface area (TPSA) is 69.6 Å². The second kappa shape index (κ2) is 9.92. The van der Waals surface area contributed by atoms with Crippen molar-refractivity contribution in [2.24, 2.45) is 5.92 Å². The Balaban J connectivity index is 1.18. The number of aromatic nitrogens is 1. The number of fused-ring (bicyclic) bond motifs is 4. The molecule has 2 fully saturated rings. The smallest absolute Gasteiger partial charge is 0.250 e. The molecule has 0 aromatic carbocycles. The van der Waals surface area contributed by atoms with E-state index >= 15 is 0 Å². The number of likely N-dealkylation sites (tertiary alicyclic amines) is 2. The first-order chi connectivity index (χ1) is 14.6. The van der Waals surface area contributed by atoms with Gasteiger partial charge in [0.1, 0.15) is 0 Å². The maximum absolute atomic E-state index is 12.2. The van der Waals surface area contributed by atoms with Crippen LogP contribution in [0.2, 0.25) is 0 Å². The third-order valence-corrected chi connectivity index (χ3v) is 6.99. The van der Waals surface area contributed by atoms with E-state index in [1.54, 1.807) is 6.07 Å². The molecule has 3 aliphatic rings. The van der Waals surface area contributed by atoms with Gasteiger partial charge in [-0.1, -0.05) is 12.5 Å². The first kappa shape index (κ1) is 21.3. The number of piperidine rings is 2. The van der Waals surface area contributed by atoms with Gasteiger partial charge >= 0.3 is 0 Å². The minimum absolute atomic E-state index is 0.00917. The first-order valence-corrected chi connectivity index (χ1v) is 11.7. The highest BCUT2D eigenvalue weighted by Crippen LogP contribution is 2.34. The molecule has 2 unspecified atom stereocenters. The average molecular weight is 432 g/mol. The zero-order valence-electron chi connectivity index (χ0n) is 17.6. The molecule has 1 aromatic rings. The van der Waals surface area contributed by atoms with Gasteiger partial charge in [-0.2, -0.15) is 0 Å². The van der Waals surface area contributed by atoms with Gasteiger partial charge in [-0.3, -0.25) is 9.59 Å². The van der Waals surface area contributed by atoms with Crippen LogP contribution in [0.3, 0.4) is 0 Å². The first-order valence-electron chi connectivity index (χ1n) is 11.3. The Morgan fingerprint density at radius 2 is 1.93 bits per heavy atom. The van der Waals surface area contributed by atoms with E-state index in [2.05, 4.69) is 26.5 Å². The number of pyridine rings is 1. The van der Waals surface area contributed by atoms with Crippen molar-refractivity contribution in [3.63, 3.8) is 0 Å². The second-order valence-corrected chi connectivity index (χ2v) is 9.25. The standard InChI is InChI=1S/C22H33N5O2S/c28-20(23-8-5-11-25-9-2-1-3-10-25)13-24-22(30)26-14-17-12-18(16-26)19-6-4-7-21(29)27(19)15-17/h4,6-7,17-18H,1-3,5,8-16H2,(H,23,28)(H,24,30). The van der Waals surface area contributed by atoms with Crippen LogP contribution >= 0.6 is 12.2 Å². The highest BCUT2D eigenvalue weighted by atomic mass is 32.1. The van der Waals surface area contributed by atoms with Crippen molar-refractivity contribution in [2.75, 3.05) is 45.8 Å². The summed E-state index contributed by atoms with van der Waals surface area (Å²) in [5.74, 6) is 0.722. The minimum atomic E-state index is -0.00917. The van der Waals surface area contributed by atoms with E-state index in [4.69, 9.17) is 12.2 Å². The number of rotatable bonds is 6. The van der Waals surface area contributed by atoms with Gasteiger partial charge in [0.05, 0.1) is 6.54 Å². The summed E-state index contributed by atoms with van der Waals surface area (Å²) < 4.78 is 1.92. The molecule has 4 rings (SSSR count). The molecule has 7 nitrogen and oxygen atoms in total. The Morgan fingerprint density at radius 3 is 2.77 bits per heavy atom. The van der Waals surface area contributed by atoms with E-state index in [1.165, 1.54) is 32.4 Å². The van der Waals surface area contributed by atoms with E-state index in [-0.39, 0.29) is 18.0 Å². The highest BCUT2D eigenvalue weighted by Gasteiger charge is 2.35. The Morgan fingerprint density at radius 1 is 1.10 bits per heavy atom. The summed E-state index contributed by atoms with van der Waals surface area (Å²) in [6.07, 6.45) is 6.04. The van der Waals surface area contributed by atoms with Crippen LogP contribution in [0.25, 0.3) is 0 Å². The fourth-order valence-electron chi connectivity index (χ4n) is 5.11. The molecule has 2 bridgehead atoms. The average Bonchev–Trinajstić information content (AvgIpc) is 2.76. The summed E-state index contributed by atoms with van der Waals surface area (Å²) in [4.78, 5) is 29.0. The second-order valence-electron chi connectivity index (χ2n) is 8.87. The number of thiocarbonyl (C=S) groups is 1. The monoisotopic (exact) mass is 431 g/mol. The molecule has 0 spiro atoms. The Labute approximate surface area is 183 Å². The normalized spacial score (nSPS) is 23.5. The van der Waals surface area contributed by atoms with Crippen LogP contribution in [0.4, 0.5) is 0 Å². The fourth-order valence-corrected chi connectivity index (χ4v) is 5.33. The van der Waals surface area contributed by atoms with E-state index in [0.717, 1.165) is 44.7 Å². The van der Waals surface area contributed by atoms with Crippen LogP contribution in [-0.2, 0) is 11.3 Å². The van der Waals surface area contributed by atoms with Crippen LogP contribution in [0, 0.1) is 5.92 Å². The molecular formula is C22H33N5O2S. The summed E-state index contributed by atoms with van der Waals surface area (Å²) in [5.41, 5.74) is 1.20. The molecule has 2 N–H and O–H groups in total. The van der Waals surface area contributed by atoms with Crippen LogP contribution in [0.5, 0.6) is 0 Å². The predicted octanol–water partition coefficient (Wildman–Crippen LogP) is 1.13. The molecule has 0 aliphatic carbocycles. The van der Waals surface area contributed by atoms with Crippen molar-refractivity contribution in [1.29, 1.82) is 0 Å². The summed E-state index contributed by atoms with van der Waals surface area (Å²) in [6, 6.07) is 5.54. The van der Waals surface area contributed by atoms with Crippen molar-refractivity contribution in [2.45, 2.75) is 44.6 Å². The molecule has 1 amide bonds. The van der Waals surface area contributed by atoms with Gasteiger partial charge in [-0.05, 0) is 69.5 Å². The van der Waals surface area contributed by atoms with E-state index < -0.39 is 0 Å². The SMILES string of the molecule is O=C(CNC(=S)N1CC2CC(C1)c1cccc(=O)n1C2)NCCCN1CCCCC1. The molecular weight excluding hydrogens is 398 g/mol. The molecule has 8 heteroatoms. The lowest BCUT2D eigenvalue weighted by atomic mass is 9.83. The van der Waals surface area contributed by atoms with Gasteiger partial charge < -0.3 is 25.0 Å². The van der Waals surface area contributed by atoms with E-state index in [1.807, 2.05) is 10.6 Å². The molecule has 1 aromatic heterocycles. The number of carbonyl (C=O) groups excluding carboxylic acids is 1. The third kappa shape index (κ3) is 5.21. The molecule has 2 atom stereocenters. The van der Waals surface area contributed by atoms with Gasteiger partial charge in [-0.25, -0.2) is 0 Å². The van der Waals surface area contributed by atoms with Gasteiger partial charge in [-0.15, -0.1) is 0 Å². The van der Waals surface area contributed by atoms with Crippen molar-refractivity contribution < 1.29 is 4.79 Å². The molecule has 0 saturated carbocycles. The van der Waals surface area contributed by atoms with Crippen LogP contribution < -0.4 is 16.2 Å². The maximum Gasteiger partial charge on any atom is 0.250 e. The molecule has 30 heavy (non-hydrogen) atoms. The highest BCUT2D eigenvalue weighted by molar-refractivity contribution is 7.80. The minimum Gasteiger partial charge on any atom is -0.355 e. The lowest BCUT2D eigenvalue weighted by Gasteiger charge is -2.43. The Bertz CT molecular complexity index is 820. The van der Waals surface area contributed by atoms with E-state index in [9.17, 15) is 9.59 Å². The van der Waals surface area contributed by atoms with Gasteiger partial charge in [0, 0.05) is 43.9 Å². The van der Waals surface area contributed by atoms with Gasteiger partial charge in [0.15, 0.2) is 5.11 Å². The van der Waals surface area contributed by atoms with Crippen molar-refractivity contribution in [3.8, 4) is 0 Å². The van der Waals surface area contributed by atoms with E-state index in [0.29, 0.717) is 23.5 Å². The number of nitrogens with zero attached hydrogens (tertiary/aromatic N) is 3. The summed E-state index contributed by atoms with van der Waals surface area (Å²) >= 11 is 5.58. The molecule has 0 radical (unpaired) electrons. The van der Waals surface area contributed by atoms with Crippen molar-refractivity contribution in [3.05, 3.63) is 34.2 Å². The van der Waals surface area contributed by atoms with Crippen LogP contribution in [0.1, 0.15) is 43.7 Å². The van der Waals surface area contributed by atoms with Gasteiger partial charge in [0.2, 0.25) is 5.91 Å². The largest absolute Gasteiger partial charge is 0.355 e. The number of hydrogen-bond donors (Lipinski definition) is 2. The number of nitrogens with one attached hydrogen (secondary N) is 2. The Kier molecular flexibility index (Phi) is 7.04. The summed E-state index contributed by atoms with van der Waals surface area (Å²) in [5, 5.41) is 6.77. The quantitative estimate of drug-likeness (QED) is 0.520. The van der Waals surface area contributed by atoms with Crippen molar-refractivity contribution in [1.82, 2.24) is 25.0 Å². The third-order valence-electron chi connectivity index (χ3n) is 6.59. The molecule has 4 heterocycles. The summed E-state index contributed by atoms with van der Waals surface area (Å²) in [7, 11) is 0. The molecule has 3 aliphatic heterocycles. The molecule has 164 valence electrons. The number of carbonyl (C=O) groups is 1. The Hall–Kier alpha value is -1.93. The van der Waals surface area contributed by atoms with Crippen molar-refractivity contribution >= 4 is 23.2 Å². The maximum atomic E-state index is 12.2. The van der Waals surface area contributed by atoms with Crippen LogP contribution in [-0.4, -0.2) is 71.2 Å². The molecule has 2 saturated heterocycles. The summed E-state index contributed by atoms with van der Waals surface area (Å²) in [6.45, 7) is 6.76. The number of amides is 1. The fraction of sp³-hybridized carbons (Fsp3) is 0.682. The predicted molar refractivity (Wildman–Crippen MR) is 122 cm³/mol. The lowest BCUT2D eigenvalue weighted by molar-refractivity contribution is -0.120. The lowest BCUT2D eigenvalue weighted by Crippen LogP contribution is -2.52.